The zero-order chi connectivity index (χ0) is 15.4. The van der Waals surface area contributed by atoms with Crippen molar-refractivity contribution < 1.29 is 22.3 Å². The standard InChI is InChI=1S/C13H16F2N2O3S/c14-10-3-4-11(12(15)13(10)16)21(19,20)17-7-1-2-8(17)6-9(18)5-7/h3-4,7-9,18H,1-2,5-6,16H2. The van der Waals surface area contributed by atoms with Crippen molar-refractivity contribution in [2.24, 2.45) is 0 Å². The summed E-state index contributed by atoms with van der Waals surface area (Å²) in [5.74, 6) is -2.23. The zero-order valence-electron chi connectivity index (χ0n) is 11.2. The fourth-order valence-corrected chi connectivity index (χ4v) is 5.33. The van der Waals surface area contributed by atoms with Crippen LogP contribution >= 0.6 is 0 Å². The minimum Gasteiger partial charge on any atom is -0.394 e. The number of sulfonamides is 1. The number of benzene rings is 1. The average Bonchev–Trinajstić information content (AvgIpc) is 2.69. The van der Waals surface area contributed by atoms with Crippen molar-refractivity contribution >= 4 is 15.7 Å². The minimum atomic E-state index is -4.09. The molecule has 0 saturated carbocycles. The van der Waals surface area contributed by atoms with E-state index in [4.69, 9.17) is 5.73 Å². The van der Waals surface area contributed by atoms with Crippen molar-refractivity contribution in [3.05, 3.63) is 23.8 Å². The minimum absolute atomic E-state index is 0.338. The molecule has 21 heavy (non-hydrogen) atoms. The Balaban J connectivity index is 2.04. The number of piperidine rings is 1. The van der Waals surface area contributed by atoms with Gasteiger partial charge in [0.15, 0.2) is 5.82 Å². The van der Waals surface area contributed by atoms with Crippen LogP contribution in [0.1, 0.15) is 25.7 Å². The van der Waals surface area contributed by atoms with E-state index in [-0.39, 0.29) is 12.1 Å². The monoisotopic (exact) mass is 318 g/mol. The topological polar surface area (TPSA) is 83.6 Å². The Morgan fingerprint density at radius 3 is 2.33 bits per heavy atom. The van der Waals surface area contributed by atoms with Crippen LogP contribution in [0.3, 0.4) is 0 Å². The summed E-state index contributed by atoms with van der Waals surface area (Å²) < 4.78 is 53.8. The van der Waals surface area contributed by atoms with Crippen molar-refractivity contribution in [1.29, 1.82) is 0 Å². The number of nitrogens with two attached hydrogens (primary N) is 1. The highest BCUT2D eigenvalue weighted by molar-refractivity contribution is 7.89. The number of anilines is 1. The second-order valence-electron chi connectivity index (χ2n) is 5.62. The first kappa shape index (κ1) is 14.7. The highest BCUT2D eigenvalue weighted by Gasteiger charge is 2.47. The van der Waals surface area contributed by atoms with Gasteiger partial charge in [0.2, 0.25) is 10.0 Å². The van der Waals surface area contributed by atoms with E-state index in [0.717, 1.165) is 12.1 Å². The normalized spacial score (nSPS) is 29.8. The number of nitrogens with zero attached hydrogens (tertiary/aromatic N) is 1. The second-order valence-corrected chi connectivity index (χ2v) is 7.43. The lowest BCUT2D eigenvalue weighted by atomic mass is 10.0. The van der Waals surface area contributed by atoms with Crippen molar-refractivity contribution in [3.63, 3.8) is 0 Å². The number of halogens is 2. The Bertz CT molecular complexity index is 666. The summed E-state index contributed by atoms with van der Waals surface area (Å²) in [6.07, 6.45) is 1.43. The molecule has 8 heteroatoms. The highest BCUT2D eigenvalue weighted by atomic mass is 32.2. The van der Waals surface area contributed by atoms with E-state index in [0.29, 0.717) is 25.7 Å². The molecule has 2 atom stereocenters. The van der Waals surface area contributed by atoms with Crippen LogP contribution in [0.25, 0.3) is 0 Å². The number of rotatable bonds is 2. The van der Waals surface area contributed by atoms with E-state index in [9.17, 15) is 22.3 Å². The van der Waals surface area contributed by atoms with Crippen molar-refractivity contribution in [2.75, 3.05) is 5.73 Å². The molecule has 0 aliphatic carbocycles. The van der Waals surface area contributed by atoms with Crippen molar-refractivity contribution in [1.82, 2.24) is 4.31 Å². The second kappa shape index (κ2) is 4.89. The van der Waals surface area contributed by atoms with Crippen LogP contribution in [0, 0.1) is 11.6 Å². The average molecular weight is 318 g/mol. The molecular weight excluding hydrogens is 302 g/mol. The number of fused-ring (bicyclic) bond motifs is 2. The molecule has 0 amide bonds. The maximum absolute atomic E-state index is 14.0. The van der Waals surface area contributed by atoms with Crippen LogP contribution in [0.2, 0.25) is 0 Å². The molecule has 2 fully saturated rings. The maximum atomic E-state index is 14.0. The maximum Gasteiger partial charge on any atom is 0.246 e. The third kappa shape index (κ3) is 2.21. The Hall–Kier alpha value is -1.25. The first-order valence-electron chi connectivity index (χ1n) is 6.77. The number of hydrogen-bond acceptors (Lipinski definition) is 4. The molecule has 116 valence electrons. The molecule has 2 heterocycles. The summed E-state index contributed by atoms with van der Waals surface area (Å²) in [6, 6.07) is 1.08. The number of aliphatic hydroxyl groups is 1. The summed E-state index contributed by atoms with van der Waals surface area (Å²) in [4.78, 5) is -0.602. The number of hydrogen-bond donors (Lipinski definition) is 2. The van der Waals surface area contributed by atoms with Gasteiger partial charge in [-0.3, -0.25) is 0 Å². The van der Waals surface area contributed by atoms with Crippen molar-refractivity contribution in [3.8, 4) is 0 Å². The molecule has 1 aromatic carbocycles. The number of nitrogen functional groups attached to an aromatic ring is 1. The van der Waals surface area contributed by atoms with E-state index in [1.54, 1.807) is 0 Å². The quantitative estimate of drug-likeness (QED) is 0.803. The van der Waals surface area contributed by atoms with Crippen LogP contribution in [0.15, 0.2) is 17.0 Å². The van der Waals surface area contributed by atoms with Crippen LogP contribution < -0.4 is 5.73 Å². The molecule has 2 aliphatic rings. The lowest BCUT2D eigenvalue weighted by molar-refractivity contribution is 0.0768. The summed E-state index contributed by atoms with van der Waals surface area (Å²) >= 11 is 0. The smallest absolute Gasteiger partial charge is 0.246 e. The summed E-state index contributed by atoms with van der Waals surface area (Å²) in [5.41, 5.74) is 4.45. The van der Waals surface area contributed by atoms with Crippen molar-refractivity contribution in [2.45, 2.75) is 48.8 Å². The summed E-state index contributed by atoms with van der Waals surface area (Å²) in [7, 11) is -4.09. The van der Waals surface area contributed by atoms with Crippen LogP contribution in [-0.4, -0.2) is 36.0 Å². The van der Waals surface area contributed by atoms with Gasteiger partial charge in [0.1, 0.15) is 16.4 Å². The van der Waals surface area contributed by atoms with E-state index in [1.165, 1.54) is 4.31 Å². The van der Waals surface area contributed by atoms with Gasteiger partial charge < -0.3 is 10.8 Å². The third-order valence-corrected chi connectivity index (χ3v) is 6.31. The molecule has 2 aliphatic heterocycles. The zero-order valence-corrected chi connectivity index (χ0v) is 12.0. The predicted molar refractivity (Wildman–Crippen MR) is 71.8 cm³/mol. The van der Waals surface area contributed by atoms with Gasteiger partial charge in [0.05, 0.1) is 6.10 Å². The third-order valence-electron chi connectivity index (χ3n) is 4.29. The lowest BCUT2D eigenvalue weighted by Crippen LogP contribution is -2.48. The van der Waals surface area contributed by atoms with Gasteiger partial charge in [-0.2, -0.15) is 4.31 Å². The fourth-order valence-electron chi connectivity index (χ4n) is 3.36. The molecule has 2 unspecified atom stereocenters. The van der Waals surface area contributed by atoms with Gasteiger partial charge in [0, 0.05) is 12.1 Å². The predicted octanol–water partition coefficient (Wildman–Crippen LogP) is 1.22. The van der Waals surface area contributed by atoms with Gasteiger partial charge in [-0.25, -0.2) is 17.2 Å². The van der Waals surface area contributed by atoms with Gasteiger partial charge >= 0.3 is 0 Å². The molecular formula is C13H16F2N2O3S. The molecule has 2 bridgehead atoms. The SMILES string of the molecule is Nc1c(F)ccc(S(=O)(=O)N2C3CCC2CC(O)C3)c1F. The first-order chi connectivity index (χ1) is 9.82. The van der Waals surface area contributed by atoms with Gasteiger partial charge in [-0.05, 0) is 37.8 Å². The summed E-state index contributed by atoms with van der Waals surface area (Å²) in [6.45, 7) is 0. The van der Waals surface area contributed by atoms with Crippen LogP contribution in [-0.2, 0) is 10.0 Å². The lowest BCUT2D eigenvalue weighted by Gasteiger charge is -2.36. The van der Waals surface area contributed by atoms with Crippen LogP contribution in [0.5, 0.6) is 0 Å². The fraction of sp³-hybridized carbons (Fsp3) is 0.538. The molecule has 5 nitrogen and oxygen atoms in total. The summed E-state index contributed by atoms with van der Waals surface area (Å²) in [5, 5.41) is 9.71. The molecule has 0 radical (unpaired) electrons. The largest absolute Gasteiger partial charge is 0.394 e. The first-order valence-corrected chi connectivity index (χ1v) is 8.21. The van der Waals surface area contributed by atoms with E-state index >= 15 is 0 Å². The molecule has 2 saturated heterocycles. The molecule has 0 aromatic heterocycles. The van der Waals surface area contributed by atoms with E-state index < -0.39 is 38.3 Å². The highest BCUT2D eigenvalue weighted by Crippen LogP contribution is 2.40. The van der Waals surface area contributed by atoms with Crippen LogP contribution in [0.4, 0.5) is 14.5 Å². The molecule has 3 N–H and O–H groups in total. The van der Waals surface area contributed by atoms with Gasteiger partial charge in [-0.1, -0.05) is 0 Å². The number of aliphatic hydroxyl groups excluding tert-OH is 1. The molecule has 1 aromatic rings. The molecule has 0 spiro atoms. The Kier molecular flexibility index (Phi) is 3.42. The Morgan fingerprint density at radius 1 is 1.19 bits per heavy atom. The van der Waals surface area contributed by atoms with E-state index in [2.05, 4.69) is 0 Å². The van der Waals surface area contributed by atoms with Gasteiger partial charge in [-0.15, -0.1) is 0 Å². The Labute approximate surface area is 121 Å². The van der Waals surface area contributed by atoms with Gasteiger partial charge in [0.25, 0.3) is 0 Å². The Morgan fingerprint density at radius 2 is 1.76 bits per heavy atom. The molecule has 3 rings (SSSR count). The van der Waals surface area contributed by atoms with E-state index in [1.807, 2.05) is 0 Å².